The monoisotopic (exact) mass is 350 g/mol. The zero-order valence-corrected chi connectivity index (χ0v) is 18.0. The van der Waals surface area contributed by atoms with Gasteiger partial charge in [0.15, 0.2) is 0 Å². The van der Waals surface area contributed by atoms with E-state index in [-0.39, 0.29) is 17.1 Å². The topological polar surface area (TPSA) is 26.3 Å². The fourth-order valence-electron chi connectivity index (χ4n) is 6.13. The van der Waals surface area contributed by atoms with Crippen molar-refractivity contribution in [2.24, 2.45) is 17.8 Å². The second kappa shape index (κ2) is 8.38. The summed E-state index contributed by atoms with van der Waals surface area (Å²) in [6.07, 6.45) is 18.1. The van der Waals surface area contributed by atoms with Crippen molar-refractivity contribution in [3.8, 4) is 0 Å². The van der Waals surface area contributed by atoms with Gasteiger partial charge >= 0.3 is 5.97 Å². The average molecular weight is 351 g/mol. The molecule has 0 saturated heterocycles. The summed E-state index contributed by atoms with van der Waals surface area (Å²) in [7, 11) is 0.983. The summed E-state index contributed by atoms with van der Waals surface area (Å²) in [6, 6.07) is 0. The molecule has 0 bridgehead atoms. The van der Waals surface area contributed by atoms with Gasteiger partial charge in [-0.1, -0.05) is 51.9 Å². The van der Waals surface area contributed by atoms with Crippen LogP contribution in [0, 0.1) is 17.8 Å². The molecule has 3 heteroatoms. The van der Waals surface area contributed by atoms with Crippen molar-refractivity contribution >= 4 is 16.2 Å². The zero-order chi connectivity index (χ0) is 17.0. The highest BCUT2D eigenvalue weighted by Crippen LogP contribution is 2.56. The first-order chi connectivity index (χ1) is 11.7. The van der Waals surface area contributed by atoms with E-state index in [4.69, 9.17) is 4.74 Å². The van der Waals surface area contributed by atoms with Crippen LogP contribution in [0.1, 0.15) is 96.8 Å². The van der Waals surface area contributed by atoms with Crippen LogP contribution < -0.4 is 0 Å². The lowest BCUT2D eigenvalue weighted by atomic mass is 9.70. The van der Waals surface area contributed by atoms with E-state index in [1.807, 2.05) is 0 Å². The Bertz CT molecular complexity index is 406. The normalized spacial score (nSPS) is 27.5. The van der Waals surface area contributed by atoms with E-state index in [1.54, 1.807) is 0 Å². The maximum Gasteiger partial charge on any atom is 0.309 e. The fraction of sp³-hybridized carbons (Fsp3) is 0.952. The molecule has 0 spiro atoms. The van der Waals surface area contributed by atoms with Crippen molar-refractivity contribution in [2.45, 2.75) is 108 Å². The summed E-state index contributed by atoms with van der Waals surface area (Å²) in [6.45, 7) is 2.31. The Morgan fingerprint density at radius 1 is 1.00 bits per heavy atom. The van der Waals surface area contributed by atoms with Crippen molar-refractivity contribution < 1.29 is 9.53 Å². The van der Waals surface area contributed by atoms with Crippen molar-refractivity contribution in [1.82, 2.24) is 0 Å². The molecular formula is C21H38O2Si. The van der Waals surface area contributed by atoms with Crippen LogP contribution in [-0.2, 0) is 9.53 Å². The van der Waals surface area contributed by atoms with Crippen LogP contribution >= 0.6 is 0 Å². The molecule has 2 atom stereocenters. The van der Waals surface area contributed by atoms with E-state index in [0.717, 1.165) is 29.0 Å². The number of carbonyl (C=O) groups excluding carboxylic acids is 1. The van der Waals surface area contributed by atoms with Gasteiger partial charge in [-0.15, -0.1) is 0 Å². The highest BCUT2D eigenvalue weighted by Gasteiger charge is 2.51. The van der Waals surface area contributed by atoms with Crippen molar-refractivity contribution in [3.63, 3.8) is 0 Å². The third-order valence-corrected chi connectivity index (χ3v) is 9.52. The van der Waals surface area contributed by atoms with Crippen LogP contribution in [0.3, 0.4) is 0 Å². The van der Waals surface area contributed by atoms with Gasteiger partial charge < -0.3 is 4.74 Å². The molecule has 3 rings (SSSR count). The Labute approximate surface area is 151 Å². The van der Waals surface area contributed by atoms with Crippen molar-refractivity contribution in [3.05, 3.63) is 0 Å². The minimum absolute atomic E-state index is 0.0931. The number of ether oxygens (including phenoxy) is 1. The zero-order valence-electron chi connectivity index (χ0n) is 16.0. The van der Waals surface area contributed by atoms with Gasteiger partial charge in [0.25, 0.3) is 0 Å². The lowest BCUT2D eigenvalue weighted by molar-refractivity contribution is -0.157. The predicted molar refractivity (Wildman–Crippen MR) is 103 cm³/mol. The van der Waals surface area contributed by atoms with E-state index < -0.39 is 0 Å². The molecule has 138 valence electrons. The Hall–Kier alpha value is -0.313. The summed E-state index contributed by atoms with van der Waals surface area (Å²) >= 11 is 0. The molecule has 0 aliphatic heterocycles. The molecule has 3 aliphatic carbocycles. The number of carbonyl (C=O) groups is 1. The maximum atomic E-state index is 13.5. The van der Waals surface area contributed by atoms with Crippen molar-refractivity contribution in [2.75, 3.05) is 0 Å². The molecule has 0 amide bonds. The molecular weight excluding hydrogens is 312 g/mol. The van der Waals surface area contributed by atoms with Crippen LogP contribution in [0.2, 0.25) is 5.04 Å². The van der Waals surface area contributed by atoms with Crippen LogP contribution in [0.4, 0.5) is 0 Å². The third-order valence-electron chi connectivity index (χ3n) is 7.56. The second-order valence-electron chi connectivity index (χ2n) is 9.02. The molecule has 2 unspecified atom stereocenters. The molecule has 3 fully saturated rings. The lowest BCUT2D eigenvalue weighted by Crippen LogP contribution is -2.43. The van der Waals surface area contributed by atoms with E-state index in [2.05, 4.69) is 6.92 Å². The predicted octanol–water partition coefficient (Wildman–Crippen LogP) is 4.79. The van der Waals surface area contributed by atoms with E-state index in [9.17, 15) is 4.79 Å². The van der Waals surface area contributed by atoms with Crippen LogP contribution in [0.5, 0.6) is 0 Å². The second-order valence-corrected chi connectivity index (χ2v) is 10.7. The summed E-state index contributed by atoms with van der Waals surface area (Å²) in [5.41, 5.74) is 0. The number of hydrogen-bond donors (Lipinski definition) is 0. The first-order valence-electron chi connectivity index (χ1n) is 10.9. The minimum Gasteiger partial charge on any atom is -0.462 e. The number of hydrogen-bond acceptors (Lipinski definition) is 2. The fourth-order valence-corrected chi connectivity index (χ4v) is 7.58. The first-order valence-corrected chi connectivity index (χ1v) is 11.9. The highest BCUT2D eigenvalue weighted by atomic mass is 28.1. The number of esters is 1. The standard InChI is InChI=1S/C21H38O2Si/c1-2-9-19(16-10-3-4-11-16)21(24,17-12-5-6-13-17)20(22)23-18-14-7-8-15-18/h16-19H,2-15H2,1,24H3. The smallest absolute Gasteiger partial charge is 0.309 e. The molecule has 0 aromatic rings. The minimum atomic E-state index is -0.0931. The van der Waals surface area contributed by atoms with Gasteiger partial charge in [-0.2, -0.15) is 0 Å². The number of rotatable bonds is 7. The summed E-state index contributed by atoms with van der Waals surface area (Å²) in [5, 5.41) is -0.0931. The van der Waals surface area contributed by atoms with Gasteiger partial charge in [0.05, 0.1) is 5.04 Å². The largest absolute Gasteiger partial charge is 0.462 e. The molecule has 0 radical (unpaired) electrons. The Morgan fingerprint density at radius 3 is 2.12 bits per heavy atom. The summed E-state index contributed by atoms with van der Waals surface area (Å²) < 4.78 is 6.17. The van der Waals surface area contributed by atoms with Gasteiger partial charge in [-0.05, 0) is 62.7 Å². The molecule has 0 aromatic carbocycles. The first kappa shape index (κ1) is 18.5. The molecule has 3 saturated carbocycles. The van der Waals surface area contributed by atoms with E-state index in [0.29, 0.717) is 11.8 Å². The molecule has 2 nitrogen and oxygen atoms in total. The van der Waals surface area contributed by atoms with Gasteiger partial charge in [0, 0.05) is 10.2 Å². The molecule has 24 heavy (non-hydrogen) atoms. The highest BCUT2D eigenvalue weighted by molar-refractivity contribution is 6.27. The molecule has 0 aromatic heterocycles. The van der Waals surface area contributed by atoms with Gasteiger partial charge in [0.2, 0.25) is 0 Å². The van der Waals surface area contributed by atoms with Crippen LogP contribution in [0.25, 0.3) is 0 Å². The Morgan fingerprint density at radius 2 is 1.54 bits per heavy atom. The van der Waals surface area contributed by atoms with Gasteiger partial charge in [-0.25, -0.2) is 0 Å². The SMILES string of the molecule is CCCC(C1CCCC1)C([SiH3])(C(=O)OC1CCCC1)C1CCCC1. The molecule has 0 heterocycles. The Kier molecular flexibility index (Phi) is 6.45. The third kappa shape index (κ3) is 3.76. The van der Waals surface area contributed by atoms with Gasteiger partial charge in [-0.3, -0.25) is 4.79 Å². The average Bonchev–Trinajstić information content (AvgIpc) is 3.34. The van der Waals surface area contributed by atoms with Crippen molar-refractivity contribution in [1.29, 1.82) is 0 Å². The van der Waals surface area contributed by atoms with E-state index in [1.165, 1.54) is 77.0 Å². The maximum absolute atomic E-state index is 13.5. The molecule has 0 N–H and O–H groups in total. The lowest BCUT2D eigenvalue weighted by Gasteiger charge is -2.44. The quantitative estimate of drug-likeness (QED) is 0.487. The van der Waals surface area contributed by atoms with E-state index >= 15 is 0 Å². The Balaban J connectivity index is 1.82. The van der Waals surface area contributed by atoms with Crippen LogP contribution in [0.15, 0.2) is 0 Å². The van der Waals surface area contributed by atoms with Gasteiger partial charge in [0.1, 0.15) is 6.10 Å². The van der Waals surface area contributed by atoms with Crippen LogP contribution in [-0.4, -0.2) is 22.3 Å². The summed E-state index contributed by atoms with van der Waals surface area (Å²) in [4.78, 5) is 13.5. The summed E-state index contributed by atoms with van der Waals surface area (Å²) in [5.74, 6) is 2.25. The molecule has 3 aliphatic rings.